The number of carboxylic acids is 1. The first-order chi connectivity index (χ1) is 16.1. The molecule has 8 nitrogen and oxygen atoms in total. The molecular weight excluding hydrogens is 595 g/mol. The van der Waals surface area contributed by atoms with Gasteiger partial charge in [-0.2, -0.15) is 4.72 Å². The van der Waals surface area contributed by atoms with E-state index in [1.165, 1.54) is 24.3 Å². The van der Waals surface area contributed by atoms with E-state index >= 15 is 0 Å². The SMILES string of the molecule is O=C(O)Cc1ccc(NC(=O)[C@H](COc2ccccc2Cl)NS(=O)(=O)c2ccc(I)cc2)cc1. The van der Waals surface area contributed by atoms with E-state index in [-0.39, 0.29) is 17.9 Å². The molecule has 1 atom stereocenters. The number of hydrogen-bond donors (Lipinski definition) is 3. The normalized spacial score (nSPS) is 12.1. The molecule has 0 spiro atoms. The van der Waals surface area contributed by atoms with E-state index in [1.807, 2.05) is 0 Å². The van der Waals surface area contributed by atoms with Crippen LogP contribution in [-0.2, 0) is 26.0 Å². The summed E-state index contributed by atoms with van der Waals surface area (Å²) in [6, 6.07) is 17.7. The third-order valence-electron chi connectivity index (χ3n) is 4.56. The molecule has 1 amide bonds. The second-order valence-electron chi connectivity index (χ2n) is 7.13. The molecular formula is C23H20ClIN2O6S. The van der Waals surface area contributed by atoms with Crippen LogP contribution in [0.1, 0.15) is 5.56 Å². The zero-order chi connectivity index (χ0) is 24.7. The van der Waals surface area contributed by atoms with Crippen LogP contribution in [0.15, 0.2) is 77.7 Å². The number of ether oxygens (including phenoxy) is 1. The summed E-state index contributed by atoms with van der Waals surface area (Å²) >= 11 is 8.17. The molecule has 3 aromatic carbocycles. The first-order valence-electron chi connectivity index (χ1n) is 9.91. The maximum absolute atomic E-state index is 13.0. The fraction of sp³-hybridized carbons (Fsp3) is 0.130. The van der Waals surface area contributed by atoms with E-state index in [0.717, 1.165) is 3.57 Å². The summed E-state index contributed by atoms with van der Waals surface area (Å²) < 4.78 is 34.7. The number of benzene rings is 3. The molecule has 0 fully saturated rings. The Hall–Kier alpha value is -2.67. The van der Waals surface area contributed by atoms with Crippen LogP contribution in [0.25, 0.3) is 0 Å². The van der Waals surface area contributed by atoms with Crippen molar-refractivity contribution < 1.29 is 27.9 Å². The number of anilines is 1. The predicted molar refractivity (Wildman–Crippen MR) is 137 cm³/mol. The van der Waals surface area contributed by atoms with Gasteiger partial charge in [-0.25, -0.2) is 8.42 Å². The molecule has 0 aromatic heterocycles. The number of para-hydroxylation sites is 1. The van der Waals surface area contributed by atoms with Crippen molar-refractivity contribution in [1.82, 2.24) is 4.72 Å². The summed E-state index contributed by atoms with van der Waals surface area (Å²) in [4.78, 5) is 23.8. The number of sulfonamides is 1. The summed E-state index contributed by atoms with van der Waals surface area (Å²) in [6.45, 7) is -0.323. The van der Waals surface area contributed by atoms with Crippen LogP contribution in [0.4, 0.5) is 5.69 Å². The quantitative estimate of drug-likeness (QED) is 0.298. The number of amides is 1. The number of nitrogens with one attached hydrogen (secondary N) is 2. The van der Waals surface area contributed by atoms with E-state index in [1.54, 1.807) is 48.5 Å². The van der Waals surface area contributed by atoms with Crippen molar-refractivity contribution in [3.63, 3.8) is 0 Å². The molecule has 0 radical (unpaired) electrons. The molecule has 0 heterocycles. The maximum Gasteiger partial charge on any atom is 0.307 e. The number of carbonyl (C=O) groups is 2. The largest absolute Gasteiger partial charge is 0.490 e. The smallest absolute Gasteiger partial charge is 0.307 e. The van der Waals surface area contributed by atoms with Crippen LogP contribution in [0, 0.1) is 3.57 Å². The van der Waals surface area contributed by atoms with Crippen LogP contribution in [-0.4, -0.2) is 38.0 Å². The van der Waals surface area contributed by atoms with E-state index in [0.29, 0.717) is 22.0 Å². The first-order valence-corrected chi connectivity index (χ1v) is 12.8. The van der Waals surface area contributed by atoms with Crippen molar-refractivity contribution in [2.75, 3.05) is 11.9 Å². The molecule has 3 aromatic rings. The Morgan fingerprint density at radius 2 is 1.65 bits per heavy atom. The van der Waals surface area contributed by atoms with Crippen molar-refractivity contribution in [1.29, 1.82) is 0 Å². The van der Waals surface area contributed by atoms with Gasteiger partial charge in [0, 0.05) is 9.26 Å². The van der Waals surface area contributed by atoms with Crippen molar-refractivity contribution in [3.8, 4) is 5.75 Å². The minimum atomic E-state index is -4.04. The van der Waals surface area contributed by atoms with E-state index in [4.69, 9.17) is 21.4 Å². The topological polar surface area (TPSA) is 122 Å². The Labute approximate surface area is 215 Å². The lowest BCUT2D eigenvalue weighted by Gasteiger charge is -2.20. The van der Waals surface area contributed by atoms with Gasteiger partial charge >= 0.3 is 5.97 Å². The summed E-state index contributed by atoms with van der Waals surface area (Å²) in [7, 11) is -4.04. The molecule has 34 heavy (non-hydrogen) atoms. The highest BCUT2D eigenvalue weighted by molar-refractivity contribution is 14.1. The molecule has 3 N–H and O–H groups in total. The average Bonchev–Trinajstić information content (AvgIpc) is 2.78. The molecule has 11 heteroatoms. The third kappa shape index (κ3) is 7.42. The van der Waals surface area contributed by atoms with Gasteiger partial charge in [0.15, 0.2) is 0 Å². The fourth-order valence-corrected chi connectivity index (χ4v) is 4.61. The van der Waals surface area contributed by atoms with Gasteiger partial charge in [-0.1, -0.05) is 35.9 Å². The highest BCUT2D eigenvalue weighted by Gasteiger charge is 2.27. The predicted octanol–water partition coefficient (Wildman–Crippen LogP) is 3.94. The highest BCUT2D eigenvalue weighted by Crippen LogP contribution is 2.23. The van der Waals surface area contributed by atoms with Gasteiger partial charge in [0.2, 0.25) is 15.9 Å². The van der Waals surface area contributed by atoms with Crippen LogP contribution in [0.5, 0.6) is 5.75 Å². The summed E-state index contributed by atoms with van der Waals surface area (Å²) in [6.07, 6.45) is -0.154. The lowest BCUT2D eigenvalue weighted by atomic mass is 10.1. The van der Waals surface area contributed by atoms with Crippen molar-refractivity contribution in [3.05, 3.63) is 87.0 Å². The number of rotatable bonds is 10. The average molecular weight is 615 g/mol. The molecule has 0 aliphatic carbocycles. The third-order valence-corrected chi connectivity index (χ3v) is 7.08. The summed E-state index contributed by atoms with van der Waals surface area (Å²) in [5, 5.41) is 11.8. The molecule has 0 saturated carbocycles. The van der Waals surface area contributed by atoms with Gasteiger partial charge in [-0.05, 0) is 76.7 Å². The van der Waals surface area contributed by atoms with Crippen molar-refractivity contribution in [2.24, 2.45) is 0 Å². The van der Waals surface area contributed by atoms with Crippen molar-refractivity contribution in [2.45, 2.75) is 17.4 Å². The Kier molecular flexibility index (Phi) is 8.89. The highest BCUT2D eigenvalue weighted by atomic mass is 127. The van der Waals surface area contributed by atoms with Gasteiger partial charge in [0.25, 0.3) is 0 Å². The van der Waals surface area contributed by atoms with Crippen LogP contribution < -0.4 is 14.8 Å². The molecule has 0 bridgehead atoms. The van der Waals surface area contributed by atoms with Gasteiger partial charge in [-0.15, -0.1) is 0 Å². The number of carboxylic acid groups (broad SMARTS) is 1. The minimum Gasteiger partial charge on any atom is -0.490 e. The number of hydrogen-bond acceptors (Lipinski definition) is 5. The second kappa shape index (κ2) is 11.6. The number of aliphatic carboxylic acids is 1. The van der Waals surface area contributed by atoms with Crippen LogP contribution in [0.2, 0.25) is 5.02 Å². The monoisotopic (exact) mass is 614 g/mol. The maximum atomic E-state index is 13.0. The molecule has 178 valence electrons. The van der Waals surface area contributed by atoms with Crippen LogP contribution in [0.3, 0.4) is 0 Å². The minimum absolute atomic E-state index is 0.00137. The lowest BCUT2D eigenvalue weighted by molar-refractivity contribution is -0.136. The molecule has 0 aliphatic heterocycles. The standard InChI is InChI=1S/C23H20ClIN2O6S/c24-19-3-1-2-4-21(19)33-14-20(27-34(31,32)18-11-7-16(25)8-12-18)23(30)26-17-9-5-15(6-10-17)13-22(28)29/h1-12,20,27H,13-14H2,(H,26,30)(H,28,29)/t20-/m0/s1. The molecule has 0 unspecified atom stereocenters. The summed E-state index contributed by atoms with van der Waals surface area (Å²) in [5.41, 5.74) is 0.929. The molecule has 3 rings (SSSR count). The van der Waals surface area contributed by atoms with E-state index in [9.17, 15) is 18.0 Å². The van der Waals surface area contributed by atoms with E-state index in [2.05, 4.69) is 32.6 Å². The van der Waals surface area contributed by atoms with E-state index < -0.39 is 27.9 Å². The van der Waals surface area contributed by atoms with Gasteiger partial charge in [-0.3, -0.25) is 9.59 Å². The summed E-state index contributed by atoms with van der Waals surface area (Å²) in [5.74, 6) is -1.33. The van der Waals surface area contributed by atoms with Gasteiger partial charge in [0.05, 0.1) is 16.3 Å². The second-order valence-corrected chi connectivity index (χ2v) is 10.5. The van der Waals surface area contributed by atoms with Gasteiger partial charge < -0.3 is 15.2 Å². The number of carbonyl (C=O) groups excluding carboxylic acids is 1. The van der Waals surface area contributed by atoms with Crippen LogP contribution >= 0.6 is 34.2 Å². The van der Waals surface area contributed by atoms with Gasteiger partial charge in [0.1, 0.15) is 18.4 Å². The zero-order valence-corrected chi connectivity index (χ0v) is 21.3. The fourth-order valence-electron chi connectivity index (χ4n) is 2.88. The number of halogens is 2. The van der Waals surface area contributed by atoms with Crippen molar-refractivity contribution >= 4 is 61.8 Å². The molecule has 0 saturated heterocycles. The zero-order valence-electron chi connectivity index (χ0n) is 17.6. The molecule has 0 aliphatic rings. The Morgan fingerprint density at radius 1 is 1.00 bits per heavy atom. The Balaban J connectivity index is 1.79. The Morgan fingerprint density at radius 3 is 2.26 bits per heavy atom. The Bertz CT molecular complexity index is 1270. The lowest BCUT2D eigenvalue weighted by Crippen LogP contribution is -2.47. The first kappa shape index (κ1) is 25.9.